The van der Waals surface area contributed by atoms with Gasteiger partial charge in [0.05, 0.1) is 11.3 Å². The van der Waals surface area contributed by atoms with Crippen LogP contribution in [0.15, 0.2) is 146 Å². The van der Waals surface area contributed by atoms with Crippen LogP contribution < -0.4 is 13.7 Å². The largest absolute Gasteiger partial charge is 0.743 e. The molecule has 2 N–H and O–H groups in total. The molecule has 1 aromatic heterocycles. The summed E-state index contributed by atoms with van der Waals surface area (Å²) in [5.74, 6) is -6.76. The average molecular weight is 1510 g/mol. The maximum absolute atomic E-state index is 13.7. The molecule has 0 spiro atoms. The minimum Gasteiger partial charge on any atom is -0.743 e. The number of phenolic OH excluding ortho intramolecular Hbond substituents is 1. The Morgan fingerprint density at radius 3 is 1.42 bits per heavy atom. The van der Waals surface area contributed by atoms with Crippen molar-refractivity contribution in [3.05, 3.63) is 162 Å². The van der Waals surface area contributed by atoms with Crippen LogP contribution in [0.4, 0.5) is 26.3 Å². The van der Waals surface area contributed by atoms with E-state index in [1.165, 1.54) is 54.6 Å². The van der Waals surface area contributed by atoms with Crippen molar-refractivity contribution in [2.45, 2.75) is 247 Å². The summed E-state index contributed by atoms with van der Waals surface area (Å²) < 4.78 is 162. The van der Waals surface area contributed by atoms with Gasteiger partial charge in [-0.2, -0.15) is 34.8 Å². The summed E-state index contributed by atoms with van der Waals surface area (Å²) in [5.41, 5.74) is 2.82. The fraction of sp³-hybridized carbons (Fsp3) is 0.519. The molecule has 6 aromatic carbocycles. The predicted molar refractivity (Wildman–Crippen MR) is 411 cm³/mol. The first kappa shape index (κ1) is 104. The van der Waals surface area contributed by atoms with Gasteiger partial charge in [-0.3, -0.25) is 9.59 Å². The molecule has 1 heterocycles. The Kier molecular flexibility index (Phi) is 47.0. The van der Waals surface area contributed by atoms with Gasteiger partial charge in [0, 0.05) is 34.5 Å². The van der Waals surface area contributed by atoms with E-state index >= 15 is 0 Å². The molecule has 582 valence electrons. The lowest BCUT2D eigenvalue weighted by atomic mass is 9.91. The summed E-state index contributed by atoms with van der Waals surface area (Å²) in [6.07, 6.45) is 9.60. The van der Waals surface area contributed by atoms with Crippen molar-refractivity contribution in [3.63, 3.8) is 0 Å². The van der Waals surface area contributed by atoms with E-state index in [0.717, 1.165) is 62.8 Å². The van der Waals surface area contributed by atoms with Crippen LogP contribution in [0.25, 0.3) is 25.1 Å². The number of esters is 2. The zero-order valence-corrected chi connectivity index (χ0v) is 57.9. The molecule has 1 aliphatic carbocycles. The number of carbonyl (C=O) groups is 2. The molecular weight excluding hydrogens is 1380 g/mol. The summed E-state index contributed by atoms with van der Waals surface area (Å²) in [7, 11) is -14.4. The molecule has 0 bridgehead atoms. The summed E-state index contributed by atoms with van der Waals surface area (Å²) in [5, 5.41) is 6.98. The van der Waals surface area contributed by atoms with E-state index in [2.05, 4.69) is 124 Å². The van der Waals surface area contributed by atoms with Crippen LogP contribution in [0.3, 0.4) is 0 Å². The number of aromatic hydroxyl groups is 1. The smallest absolute Gasteiger partial charge is 0.450 e. The molecule has 102 heavy (non-hydrogen) atoms. The van der Waals surface area contributed by atoms with E-state index in [9.17, 15) is 57.3 Å². The maximum atomic E-state index is 13.7. The third kappa shape index (κ3) is 27.4. The molecule has 4 unspecified atom stereocenters. The second-order valence-electron chi connectivity index (χ2n) is 23.5. The average Bonchev–Trinajstić information content (AvgIpc) is 0.911. The number of rotatable bonds is 24. The van der Waals surface area contributed by atoms with Gasteiger partial charge in [0.25, 0.3) is 0 Å². The van der Waals surface area contributed by atoms with E-state index in [4.69, 9.17) is 29.2 Å². The molecule has 7 aromatic rings. The molecule has 0 amide bonds. The van der Waals surface area contributed by atoms with Gasteiger partial charge in [0.2, 0.25) is 0 Å². The number of carbonyl (C=O) groups excluding carboxylic acids is 2. The predicted octanol–water partition coefficient (Wildman–Crippen LogP) is 23.6. The first-order valence-electron chi connectivity index (χ1n) is 31.4. The Morgan fingerprint density at radius 2 is 1.02 bits per heavy atom. The van der Waals surface area contributed by atoms with Crippen molar-refractivity contribution in [2.75, 3.05) is 13.2 Å². The summed E-state index contributed by atoms with van der Waals surface area (Å²) in [6.45, 7) is 24.4. The molecular formula is C79H122F6O14S3. The molecule has 0 radical (unpaired) electrons. The molecule has 14 nitrogen and oxygen atoms in total. The van der Waals surface area contributed by atoms with Crippen LogP contribution in [-0.2, 0) is 45.7 Å². The van der Waals surface area contributed by atoms with Crippen molar-refractivity contribution < 1.29 is 90.7 Å². The monoisotopic (exact) mass is 1500 g/mol. The number of aliphatic hydroxyl groups is 1. The number of phenols is 1. The van der Waals surface area contributed by atoms with Gasteiger partial charge in [0.1, 0.15) is 28.6 Å². The van der Waals surface area contributed by atoms with Gasteiger partial charge in [-0.1, -0.05) is 175 Å². The number of halogens is 6. The van der Waals surface area contributed by atoms with Gasteiger partial charge < -0.3 is 37.9 Å². The normalized spacial score (nSPS) is 13.5. The number of hydrogen-bond acceptors (Lipinski definition) is 14. The van der Waals surface area contributed by atoms with Crippen LogP contribution in [0.2, 0.25) is 0 Å². The molecule has 8 rings (SSSR count). The van der Waals surface area contributed by atoms with Crippen LogP contribution >= 0.6 is 10.5 Å². The summed E-state index contributed by atoms with van der Waals surface area (Å²) in [6, 6.07) is 44.6. The van der Waals surface area contributed by atoms with Crippen LogP contribution in [0.1, 0.15) is 229 Å². The molecule has 1 saturated carbocycles. The molecule has 1 fully saturated rings. The zero-order valence-electron chi connectivity index (χ0n) is 55.4. The molecule has 4 atom stereocenters. The molecule has 1 aliphatic rings. The third-order valence-corrected chi connectivity index (χ3v) is 20.9. The van der Waals surface area contributed by atoms with Crippen LogP contribution in [0.5, 0.6) is 23.0 Å². The van der Waals surface area contributed by atoms with E-state index in [1.807, 2.05) is 52.0 Å². The van der Waals surface area contributed by atoms with Crippen molar-refractivity contribution >= 4 is 62.8 Å². The first-order chi connectivity index (χ1) is 44.1. The number of alkyl halides is 6. The lowest BCUT2D eigenvalue weighted by Gasteiger charge is -2.32. The lowest BCUT2D eigenvalue weighted by Crippen LogP contribution is -2.61. The highest BCUT2D eigenvalue weighted by Crippen LogP contribution is 2.52. The van der Waals surface area contributed by atoms with E-state index in [0.29, 0.717) is 42.7 Å². The Hall–Kier alpha value is -6.76. The Balaban J connectivity index is -0.000000393. The molecule has 23 heteroatoms. The Morgan fingerprint density at radius 1 is 0.588 bits per heavy atom. The highest BCUT2D eigenvalue weighted by molar-refractivity contribution is 7.88. The minimum absolute atomic E-state index is 0. The van der Waals surface area contributed by atoms with Gasteiger partial charge in [-0.15, -0.1) is 0 Å². The van der Waals surface area contributed by atoms with E-state index in [1.54, 1.807) is 32.9 Å². The number of fused-ring (bicyclic) bond motifs is 3. The second kappa shape index (κ2) is 46.1. The highest BCUT2D eigenvalue weighted by Gasteiger charge is 2.81. The highest BCUT2D eigenvalue weighted by atomic mass is 32.2. The summed E-state index contributed by atoms with van der Waals surface area (Å²) >= 11 is 0. The van der Waals surface area contributed by atoms with Gasteiger partial charge in [0.15, 0.2) is 30.7 Å². The number of hydrogen-bond donors (Lipinski definition) is 2. The quantitative estimate of drug-likeness (QED) is 0.0110. The van der Waals surface area contributed by atoms with Gasteiger partial charge >= 0.3 is 38.5 Å². The minimum atomic E-state index is -7.39. The van der Waals surface area contributed by atoms with Crippen LogP contribution in [-0.4, -0.2) is 85.1 Å². The van der Waals surface area contributed by atoms with Crippen molar-refractivity contribution in [3.8, 4) is 27.9 Å². The molecule has 0 saturated heterocycles. The second-order valence-corrected chi connectivity index (χ2v) is 28.5. The fourth-order valence-corrected chi connectivity index (χ4v) is 13.1. The van der Waals surface area contributed by atoms with Gasteiger partial charge in [-0.05, 0) is 205 Å². The van der Waals surface area contributed by atoms with Crippen LogP contribution in [0, 0.1) is 11.3 Å². The zero-order chi connectivity index (χ0) is 70.5. The lowest BCUT2D eigenvalue weighted by molar-refractivity contribution is -0.247. The van der Waals surface area contributed by atoms with Crippen molar-refractivity contribution in [1.82, 2.24) is 0 Å². The fourth-order valence-electron chi connectivity index (χ4n) is 9.28. The Labute approximate surface area is 611 Å². The van der Waals surface area contributed by atoms with Gasteiger partial charge in [-0.25, -0.2) is 8.42 Å². The van der Waals surface area contributed by atoms with E-state index in [-0.39, 0.29) is 106 Å². The van der Waals surface area contributed by atoms with Crippen molar-refractivity contribution in [2.24, 2.45) is 11.3 Å². The summed E-state index contributed by atoms with van der Waals surface area (Å²) in [4.78, 5) is 24.9. The number of thiophene rings is 1. The van der Waals surface area contributed by atoms with E-state index < -0.39 is 53.8 Å². The standard InChI is InChI=1S/C20H17OS.C15H16F6O8S2.C14H22O2.C12H22O2.C10H14O.8CH4/c21-14-13-15-9-11-16(12-10-15)22-19-7-3-1-5-17(19)18-6-2-4-8-20(18)22;1-4-12(2,3)11(22)28-9-5-7-10(8-6-9)29-31(26,27)15(20,21)13(16,17)14(18,19)30(23,24)25;1-5-11(3)13-7-9-14(10-8-13)16-12(4)15-6-2;1-4-10(3)11(13)14-12(5-2)8-6-7-9-12;1-3-8(2)9-4-6-10(11)7-5-9;;;;;;;;/h1-12,21H,13-14H2;5-8H,4H2,1-3H3,(H,23,24,25);7-12H,5-6H2,1-4H3;10H,4-9H2,1-3H3;4-8,11H,3H2,1-2H3;8*1H4/q+1;;;;;;;;;;;;/p-1. The molecule has 0 aliphatic heterocycles. The Bertz CT molecular complexity index is 3660. The number of ether oxygens (including phenoxy) is 4. The number of aliphatic hydroxyl groups excluding tert-OH is 1. The van der Waals surface area contributed by atoms with Crippen molar-refractivity contribution in [1.29, 1.82) is 0 Å². The SMILES string of the molecule is C.C.C.C.C.C.C.C.CCC(C)(C)C(=O)Oc1ccc(OS(=O)(=O)C(F)(F)C(F)(F)C(F)(F)S(=O)(=O)[O-])cc1.CCC(C)C(=O)OC1(CC)CCCC1.CCC(C)c1ccc(O)cc1.CCOC(C)Oc1ccc(C(C)CC)cc1.OCCc1ccc(-[s+]2c3ccccc3c3ccccc32)cc1. The third-order valence-electron chi connectivity index (χ3n) is 16.4. The topological polar surface area (TPSA) is 212 Å². The first-order valence-corrected chi connectivity index (χ1v) is 35.5. The maximum Gasteiger partial charge on any atom is 0.450 e. The number of benzene rings is 6.